The molecule has 0 N–H and O–H groups in total. The van der Waals surface area contributed by atoms with E-state index in [-0.39, 0.29) is 32.1 Å². The van der Waals surface area contributed by atoms with Gasteiger partial charge in [0.05, 0.1) is 0 Å². The molecule has 1 saturated heterocycles. The van der Waals surface area contributed by atoms with Crippen molar-refractivity contribution in [2.75, 3.05) is 26.2 Å². The third-order valence-corrected chi connectivity index (χ3v) is 7.86. The number of benzene rings is 2. The van der Waals surface area contributed by atoms with Crippen LogP contribution in [-0.4, -0.2) is 54.7 Å². The molecule has 10 heteroatoms. The largest absolute Gasteiger partial charge is 0.335 e. The minimum Gasteiger partial charge on any atom is -0.335 e. The summed E-state index contributed by atoms with van der Waals surface area (Å²) >= 11 is 1.36. The first-order valence-electron chi connectivity index (χ1n) is 9.53. The smallest absolute Gasteiger partial charge is 0.273 e. The van der Waals surface area contributed by atoms with Crippen LogP contribution in [0.15, 0.2) is 52.7 Å². The fourth-order valence-corrected chi connectivity index (χ4v) is 5.61. The summed E-state index contributed by atoms with van der Waals surface area (Å²) in [5.41, 5.74) is 2.35. The molecule has 1 amide bonds. The average molecular weight is 464 g/mol. The van der Waals surface area contributed by atoms with Gasteiger partial charge in [-0.1, -0.05) is 29.8 Å². The molecule has 2 aromatic carbocycles. The molecule has 6 nitrogen and oxygen atoms in total. The van der Waals surface area contributed by atoms with Crippen molar-refractivity contribution < 1.29 is 22.0 Å². The first kappa shape index (κ1) is 21.5. The summed E-state index contributed by atoms with van der Waals surface area (Å²) in [7, 11) is -4.20. The number of piperazine rings is 1. The highest BCUT2D eigenvalue weighted by Gasteiger charge is 2.33. The Morgan fingerprint density at radius 2 is 1.71 bits per heavy atom. The molecular weight excluding hydrogens is 444 g/mol. The molecule has 1 fully saturated rings. The Morgan fingerprint density at radius 3 is 2.39 bits per heavy atom. The third-order valence-electron chi connectivity index (χ3n) is 5.06. The van der Waals surface area contributed by atoms with Gasteiger partial charge in [0, 0.05) is 37.1 Å². The van der Waals surface area contributed by atoms with E-state index in [9.17, 15) is 22.0 Å². The van der Waals surface area contributed by atoms with E-state index >= 15 is 0 Å². The van der Waals surface area contributed by atoms with Crippen LogP contribution in [0.1, 0.15) is 16.1 Å². The Balaban J connectivity index is 1.45. The summed E-state index contributed by atoms with van der Waals surface area (Å²) in [5, 5.41) is 2.41. The molecule has 0 aliphatic carbocycles. The van der Waals surface area contributed by atoms with Crippen LogP contribution in [0, 0.1) is 18.6 Å². The van der Waals surface area contributed by atoms with Crippen molar-refractivity contribution in [3.05, 3.63) is 70.7 Å². The fraction of sp³-hybridized carbons (Fsp3) is 0.238. The van der Waals surface area contributed by atoms with Gasteiger partial charge in [-0.25, -0.2) is 22.2 Å². The van der Waals surface area contributed by atoms with Crippen LogP contribution >= 0.6 is 11.3 Å². The molecular formula is C21H19F2N3O3S2. The molecule has 3 aromatic rings. The Bertz CT molecular complexity index is 1220. The third kappa shape index (κ3) is 4.36. The topological polar surface area (TPSA) is 70.6 Å². The predicted octanol–water partition coefficient (Wildman–Crippen LogP) is 3.54. The first-order chi connectivity index (χ1) is 14.8. The van der Waals surface area contributed by atoms with E-state index in [1.54, 1.807) is 5.38 Å². The second-order valence-electron chi connectivity index (χ2n) is 7.17. The van der Waals surface area contributed by atoms with Crippen molar-refractivity contribution in [2.24, 2.45) is 0 Å². The summed E-state index contributed by atoms with van der Waals surface area (Å²) in [6.07, 6.45) is 0. The molecule has 31 heavy (non-hydrogen) atoms. The molecule has 1 aromatic heterocycles. The first-order valence-corrected chi connectivity index (χ1v) is 11.8. The lowest BCUT2D eigenvalue weighted by Crippen LogP contribution is -2.50. The maximum atomic E-state index is 14.0. The molecule has 2 heterocycles. The molecule has 0 bridgehead atoms. The molecule has 0 spiro atoms. The Morgan fingerprint density at radius 1 is 1.03 bits per heavy atom. The number of hydrogen-bond acceptors (Lipinski definition) is 5. The molecule has 0 atom stereocenters. The van der Waals surface area contributed by atoms with Crippen molar-refractivity contribution in [1.82, 2.24) is 14.2 Å². The Kier molecular flexibility index (Phi) is 5.87. The molecule has 1 aliphatic heterocycles. The van der Waals surface area contributed by atoms with Crippen molar-refractivity contribution in [1.29, 1.82) is 0 Å². The van der Waals surface area contributed by atoms with Crippen LogP contribution in [0.25, 0.3) is 10.6 Å². The van der Waals surface area contributed by atoms with Gasteiger partial charge in [0.15, 0.2) is 0 Å². The highest BCUT2D eigenvalue weighted by molar-refractivity contribution is 7.89. The monoisotopic (exact) mass is 463 g/mol. The molecule has 0 saturated carbocycles. The highest BCUT2D eigenvalue weighted by Crippen LogP contribution is 2.26. The normalized spacial score (nSPS) is 15.3. The van der Waals surface area contributed by atoms with Crippen molar-refractivity contribution in [3.63, 3.8) is 0 Å². The second kappa shape index (κ2) is 8.45. The number of aryl methyl sites for hydroxylation is 1. The van der Waals surface area contributed by atoms with E-state index in [0.717, 1.165) is 32.6 Å². The molecule has 0 radical (unpaired) electrons. The van der Waals surface area contributed by atoms with Crippen LogP contribution in [0.5, 0.6) is 0 Å². The minimum absolute atomic E-state index is 0.0149. The van der Waals surface area contributed by atoms with Crippen LogP contribution < -0.4 is 0 Å². The Labute approximate surface area is 182 Å². The number of halogens is 2. The van der Waals surface area contributed by atoms with E-state index in [2.05, 4.69) is 4.98 Å². The van der Waals surface area contributed by atoms with Gasteiger partial charge in [-0.15, -0.1) is 11.3 Å². The zero-order chi connectivity index (χ0) is 22.2. The number of nitrogens with zero attached hydrogens (tertiary/aromatic N) is 3. The number of carbonyl (C=O) groups excluding carboxylic acids is 1. The minimum atomic E-state index is -4.20. The lowest BCUT2D eigenvalue weighted by Gasteiger charge is -2.33. The van der Waals surface area contributed by atoms with Gasteiger partial charge in [-0.05, 0) is 25.1 Å². The summed E-state index contributed by atoms with van der Waals surface area (Å²) < 4.78 is 53.9. The number of sulfonamides is 1. The molecule has 162 valence electrons. The highest BCUT2D eigenvalue weighted by atomic mass is 32.2. The number of rotatable bonds is 4. The van der Waals surface area contributed by atoms with Crippen molar-refractivity contribution >= 4 is 27.3 Å². The van der Waals surface area contributed by atoms with Gasteiger partial charge in [-0.3, -0.25) is 4.79 Å². The van der Waals surface area contributed by atoms with Gasteiger partial charge in [-0.2, -0.15) is 4.31 Å². The van der Waals surface area contributed by atoms with Gasteiger partial charge < -0.3 is 4.90 Å². The number of carbonyl (C=O) groups is 1. The van der Waals surface area contributed by atoms with Crippen LogP contribution in [0.2, 0.25) is 0 Å². The van der Waals surface area contributed by atoms with E-state index in [1.165, 1.54) is 16.2 Å². The number of hydrogen-bond donors (Lipinski definition) is 0. The number of thiazole rings is 1. The van der Waals surface area contributed by atoms with Gasteiger partial charge in [0.1, 0.15) is 27.2 Å². The summed E-state index contributed by atoms with van der Waals surface area (Å²) in [5.74, 6) is -2.13. The quantitative estimate of drug-likeness (QED) is 0.594. The number of aromatic nitrogens is 1. The van der Waals surface area contributed by atoms with E-state index in [1.807, 2.05) is 31.2 Å². The number of amides is 1. The van der Waals surface area contributed by atoms with E-state index in [0.29, 0.717) is 11.8 Å². The van der Waals surface area contributed by atoms with Crippen molar-refractivity contribution in [2.45, 2.75) is 11.8 Å². The standard InChI is InChI=1S/C21H19F2N3O3S2/c1-14-2-4-15(5-3-14)20-24-18(13-30-20)21(27)25-8-10-26(11-9-25)31(28,29)19-12-16(22)6-7-17(19)23/h2-7,12-13H,8-11H2,1H3. The summed E-state index contributed by atoms with van der Waals surface area (Å²) in [6, 6.07) is 10.2. The zero-order valence-corrected chi connectivity index (χ0v) is 18.2. The fourth-order valence-electron chi connectivity index (χ4n) is 3.31. The van der Waals surface area contributed by atoms with E-state index in [4.69, 9.17) is 0 Å². The van der Waals surface area contributed by atoms with Crippen LogP contribution in [-0.2, 0) is 10.0 Å². The van der Waals surface area contributed by atoms with Crippen LogP contribution in [0.3, 0.4) is 0 Å². The zero-order valence-electron chi connectivity index (χ0n) is 16.6. The predicted molar refractivity (Wildman–Crippen MR) is 113 cm³/mol. The van der Waals surface area contributed by atoms with E-state index < -0.39 is 26.6 Å². The lowest BCUT2D eigenvalue weighted by molar-refractivity contribution is 0.0692. The second-order valence-corrected chi connectivity index (χ2v) is 9.94. The maximum absolute atomic E-state index is 14.0. The SMILES string of the molecule is Cc1ccc(-c2nc(C(=O)N3CCN(S(=O)(=O)c4cc(F)ccc4F)CC3)cs2)cc1. The Hall–Kier alpha value is -2.69. The molecule has 1 aliphatic rings. The van der Waals surface area contributed by atoms with Crippen molar-refractivity contribution in [3.8, 4) is 10.6 Å². The summed E-state index contributed by atoms with van der Waals surface area (Å²) in [4.78, 5) is 18.1. The summed E-state index contributed by atoms with van der Waals surface area (Å²) in [6.45, 7) is 2.22. The molecule has 0 unspecified atom stereocenters. The van der Waals surface area contributed by atoms with Gasteiger partial charge in [0.2, 0.25) is 10.0 Å². The van der Waals surface area contributed by atoms with Crippen LogP contribution in [0.4, 0.5) is 8.78 Å². The lowest BCUT2D eigenvalue weighted by atomic mass is 10.2. The van der Waals surface area contributed by atoms with Gasteiger partial charge in [0.25, 0.3) is 5.91 Å². The molecule has 4 rings (SSSR count). The maximum Gasteiger partial charge on any atom is 0.273 e. The van der Waals surface area contributed by atoms with Gasteiger partial charge >= 0.3 is 0 Å². The average Bonchev–Trinajstić information content (AvgIpc) is 3.25.